The van der Waals surface area contributed by atoms with Gasteiger partial charge in [0.1, 0.15) is 5.75 Å². The van der Waals surface area contributed by atoms with Crippen LogP contribution < -0.4 is 4.74 Å². The number of hydrogen-bond acceptors (Lipinski definition) is 6. The number of carboxylic acid groups (broad SMARTS) is 1. The van der Waals surface area contributed by atoms with E-state index in [1.165, 1.54) is 36.4 Å². The first-order valence-corrected chi connectivity index (χ1v) is 11.1. The van der Waals surface area contributed by atoms with Gasteiger partial charge in [-0.25, -0.2) is 13.2 Å². The molecule has 1 aromatic rings. The zero-order valence-corrected chi connectivity index (χ0v) is 18.1. The maximum Gasteiger partial charge on any atom is 0.347 e. The van der Waals surface area contributed by atoms with Crippen molar-refractivity contribution in [1.82, 2.24) is 9.21 Å². The molecule has 30 heavy (non-hydrogen) atoms. The van der Waals surface area contributed by atoms with Gasteiger partial charge >= 0.3 is 5.97 Å². The van der Waals surface area contributed by atoms with Crippen LogP contribution in [0.2, 0.25) is 0 Å². The van der Waals surface area contributed by atoms with Crippen molar-refractivity contribution in [3.63, 3.8) is 0 Å². The second-order valence-electron chi connectivity index (χ2n) is 7.75. The molecule has 0 saturated carbocycles. The molecule has 2 aliphatic rings. The van der Waals surface area contributed by atoms with Crippen molar-refractivity contribution < 1.29 is 32.6 Å². The zero-order valence-electron chi connectivity index (χ0n) is 17.3. The van der Waals surface area contributed by atoms with Crippen molar-refractivity contribution in [3.05, 3.63) is 35.6 Å². The fraction of sp³-hybridized carbons (Fsp3) is 0.500. The summed E-state index contributed by atoms with van der Waals surface area (Å²) in [6.07, 6.45) is 2.46. The number of piperazine rings is 1. The molecule has 1 aromatic carbocycles. The van der Waals surface area contributed by atoms with E-state index in [1.54, 1.807) is 17.9 Å². The van der Waals surface area contributed by atoms with Crippen LogP contribution in [0, 0.1) is 6.92 Å². The van der Waals surface area contributed by atoms with Crippen LogP contribution in [-0.2, 0) is 24.3 Å². The van der Waals surface area contributed by atoms with Crippen LogP contribution in [0.15, 0.2) is 34.9 Å². The van der Waals surface area contributed by atoms with Gasteiger partial charge in [0.05, 0.1) is 11.5 Å². The molecule has 0 bridgehead atoms. The summed E-state index contributed by atoms with van der Waals surface area (Å²) in [4.78, 5) is 25.3. The Hall–Kier alpha value is -2.59. The molecule has 1 amide bonds. The van der Waals surface area contributed by atoms with Crippen molar-refractivity contribution in [2.45, 2.75) is 37.7 Å². The molecular weight excluding hydrogens is 412 g/mol. The lowest BCUT2D eigenvalue weighted by Crippen LogP contribution is -2.50. The highest BCUT2D eigenvalue weighted by Gasteiger charge is 2.33. The van der Waals surface area contributed by atoms with Gasteiger partial charge in [-0.15, -0.1) is 0 Å². The van der Waals surface area contributed by atoms with Crippen LogP contribution in [0.25, 0.3) is 0 Å². The highest BCUT2D eigenvalue weighted by Crippen LogP contribution is 2.28. The minimum atomic E-state index is -3.75. The number of carbonyl (C=O) groups is 2. The Balaban J connectivity index is 1.69. The van der Waals surface area contributed by atoms with E-state index < -0.39 is 21.6 Å². The maximum absolute atomic E-state index is 13.0. The SMILES string of the molecule is Cc1cc(S(=O)(=O)N2CCN(C(=O)C3=CCCO3)CC2)ccc1OC(C)(C)C(=O)O. The first-order chi connectivity index (χ1) is 14.0. The van der Waals surface area contributed by atoms with Gasteiger partial charge in [-0.1, -0.05) is 0 Å². The van der Waals surface area contributed by atoms with Crippen LogP contribution in [-0.4, -0.2) is 73.0 Å². The van der Waals surface area contributed by atoms with Gasteiger partial charge in [-0.3, -0.25) is 4.79 Å². The maximum atomic E-state index is 13.0. The van der Waals surface area contributed by atoms with E-state index in [2.05, 4.69) is 0 Å². The number of ether oxygens (including phenoxy) is 2. The van der Waals surface area contributed by atoms with E-state index in [1.807, 2.05) is 0 Å². The van der Waals surface area contributed by atoms with E-state index in [9.17, 15) is 23.1 Å². The van der Waals surface area contributed by atoms with Gasteiger partial charge in [0.25, 0.3) is 5.91 Å². The number of amides is 1. The summed E-state index contributed by atoms with van der Waals surface area (Å²) >= 11 is 0. The van der Waals surface area contributed by atoms with Gasteiger partial charge < -0.3 is 19.5 Å². The van der Waals surface area contributed by atoms with Crippen molar-refractivity contribution in [2.24, 2.45) is 0 Å². The summed E-state index contributed by atoms with van der Waals surface area (Å²) in [6.45, 7) is 5.95. The standard InChI is InChI=1S/C20H26N2O7S/c1-14-13-15(6-7-16(14)29-20(2,3)19(24)25)30(26,27)22-10-8-21(9-11-22)18(23)17-5-4-12-28-17/h5-7,13H,4,8-12H2,1-3H3,(H,24,25). The lowest BCUT2D eigenvalue weighted by atomic mass is 10.1. The lowest BCUT2D eigenvalue weighted by molar-refractivity contribution is -0.152. The topological polar surface area (TPSA) is 113 Å². The molecule has 10 heteroatoms. The smallest absolute Gasteiger partial charge is 0.347 e. The molecule has 0 aromatic heterocycles. The molecule has 0 atom stereocenters. The predicted octanol–water partition coefficient (Wildman–Crippen LogP) is 1.37. The summed E-state index contributed by atoms with van der Waals surface area (Å²) < 4.78 is 38.2. The third-order valence-electron chi connectivity index (χ3n) is 5.11. The molecule has 1 fully saturated rings. The highest BCUT2D eigenvalue weighted by atomic mass is 32.2. The third-order valence-corrected chi connectivity index (χ3v) is 7.00. The summed E-state index contributed by atoms with van der Waals surface area (Å²) in [5.74, 6) is -0.684. The highest BCUT2D eigenvalue weighted by molar-refractivity contribution is 7.89. The molecular formula is C20H26N2O7S. The Morgan fingerprint density at radius 1 is 1.17 bits per heavy atom. The Labute approximate surface area is 175 Å². The average Bonchev–Trinajstić information content (AvgIpc) is 3.23. The van der Waals surface area contributed by atoms with Gasteiger partial charge in [0.2, 0.25) is 10.0 Å². The number of carboxylic acids is 1. The molecule has 164 valence electrons. The van der Waals surface area contributed by atoms with Crippen LogP contribution in [0.4, 0.5) is 0 Å². The average molecular weight is 439 g/mol. The zero-order chi connectivity index (χ0) is 22.1. The molecule has 2 heterocycles. The van der Waals surface area contributed by atoms with Crippen LogP contribution in [0.5, 0.6) is 5.75 Å². The molecule has 0 spiro atoms. The van der Waals surface area contributed by atoms with Crippen molar-refractivity contribution >= 4 is 21.9 Å². The third kappa shape index (κ3) is 4.44. The van der Waals surface area contributed by atoms with Crippen LogP contribution >= 0.6 is 0 Å². The van der Waals surface area contributed by atoms with E-state index in [0.29, 0.717) is 30.1 Å². The Morgan fingerprint density at radius 2 is 1.83 bits per heavy atom. The largest absolute Gasteiger partial charge is 0.488 e. The number of carbonyl (C=O) groups excluding carboxylic acids is 1. The molecule has 0 unspecified atom stereocenters. The van der Waals surface area contributed by atoms with E-state index in [4.69, 9.17) is 9.47 Å². The summed E-state index contributed by atoms with van der Waals surface area (Å²) in [5, 5.41) is 9.21. The van der Waals surface area contributed by atoms with Gasteiger partial charge in [-0.05, 0) is 50.6 Å². The normalized spacial score (nSPS) is 18.0. The minimum Gasteiger partial charge on any atom is -0.488 e. The number of aryl methyl sites for hydroxylation is 1. The van der Waals surface area contributed by atoms with Crippen molar-refractivity contribution in [3.8, 4) is 5.75 Å². The fourth-order valence-electron chi connectivity index (χ4n) is 3.22. The van der Waals surface area contributed by atoms with Crippen molar-refractivity contribution in [2.75, 3.05) is 32.8 Å². The predicted molar refractivity (Wildman–Crippen MR) is 108 cm³/mol. The van der Waals surface area contributed by atoms with E-state index >= 15 is 0 Å². The molecule has 3 rings (SSSR count). The molecule has 0 radical (unpaired) electrons. The van der Waals surface area contributed by atoms with Gasteiger partial charge in [0.15, 0.2) is 11.4 Å². The van der Waals surface area contributed by atoms with Gasteiger partial charge in [-0.2, -0.15) is 4.31 Å². The first kappa shape index (κ1) is 22.1. The number of hydrogen-bond donors (Lipinski definition) is 1. The minimum absolute atomic E-state index is 0.0992. The summed E-state index contributed by atoms with van der Waals surface area (Å²) in [6, 6.07) is 4.35. The van der Waals surface area contributed by atoms with E-state index in [-0.39, 0.29) is 37.0 Å². The molecule has 2 aliphatic heterocycles. The molecule has 9 nitrogen and oxygen atoms in total. The van der Waals surface area contributed by atoms with Crippen molar-refractivity contribution in [1.29, 1.82) is 0 Å². The number of nitrogens with zero attached hydrogens (tertiary/aromatic N) is 2. The second kappa shape index (κ2) is 8.27. The number of sulfonamides is 1. The number of aliphatic carboxylic acids is 1. The number of benzene rings is 1. The molecule has 0 aliphatic carbocycles. The quantitative estimate of drug-likeness (QED) is 0.714. The lowest BCUT2D eigenvalue weighted by Gasteiger charge is -2.34. The second-order valence-corrected chi connectivity index (χ2v) is 9.68. The molecule has 1 N–H and O–H groups in total. The van der Waals surface area contributed by atoms with Crippen LogP contribution in [0.3, 0.4) is 0 Å². The van der Waals surface area contributed by atoms with Gasteiger partial charge in [0, 0.05) is 32.6 Å². The Kier molecular flexibility index (Phi) is 6.09. The number of rotatable bonds is 6. The van der Waals surface area contributed by atoms with E-state index in [0.717, 1.165) is 0 Å². The molecule has 1 saturated heterocycles. The fourth-order valence-corrected chi connectivity index (χ4v) is 4.73. The Bertz CT molecular complexity index is 977. The summed E-state index contributed by atoms with van der Waals surface area (Å²) in [7, 11) is -3.75. The first-order valence-electron chi connectivity index (χ1n) is 9.68. The van der Waals surface area contributed by atoms with Crippen LogP contribution in [0.1, 0.15) is 25.8 Å². The monoisotopic (exact) mass is 438 g/mol. The Morgan fingerprint density at radius 3 is 2.37 bits per heavy atom. The summed E-state index contributed by atoms with van der Waals surface area (Å²) in [5.41, 5.74) is -0.920.